The maximum absolute atomic E-state index is 10.8. The molecule has 0 saturated heterocycles. The number of aryl methyl sites for hydroxylation is 1. The number of oxazole rings is 1. The molecule has 0 aliphatic heterocycles. The molecule has 1 N–H and O–H groups in total. The first-order valence-electron chi connectivity index (χ1n) is 4.95. The number of rotatable bonds is 3. The van der Waals surface area contributed by atoms with E-state index in [2.05, 4.69) is 4.98 Å². The van der Waals surface area contributed by atoms with Gasteiger partial charge in [0.05, 0.1) is 5.69 Å². The molecule has 2 rings (SSSR count). The van der Waals surface area contributed by atoms with Gasteiger partial charge in [0, 0.05) is 5.92 Å². The number of carboxylic acids is 1. The van der Waals surface area contributed by atoms with Crippen LogP contribution >= 0.6 is 0 Å². The van der Waals surface area contributed by atoms with Gasteiger partial charge < -0.3 is 9.52 Å². The van der Waals surface area contributed by atoms with Gasteiger partial charge in [0.1, 0.15) is 0 Å². The van der Waals surface area contributed by atoms with Crippen LogP contribution in [0.4, 0.5) is 0 Å². The van der Waals surface area contributed by atoms with Gasteiger partial charge in [-0.3, -0.25) is 0 Å². The topological polar surface area (TPSA) is 63.3 Å². The number of aromatic carboxylic acids is 1. The average Bonchev–Trinajstić information content (AvgIpc) is 2.45. The molecule has 1 fully saturated rings. The Hall–Kier alpha value is -1.32. The highest BCUT2D eigenvalue weighted by molar-refractivity contribution is 5.85. The second-order valence-corrected chi connectivity index (χ2v) is 3.61. The normalized spacial score (nSPS) is 16.6. The van der Waals surface area contributed by atoms with Crippen molar-refractivity contribution in [1.29, 1.82) is 0 Å². The lowest BCUT2D eigenvalue weighted by Gasteiger charge is -2.21. The molecule has 0 spiro atoms. The van der Waals surface area contributed by atoms with Crippen molar-refractivity contribution in [1.82, 2.24) is 4.98 Å². The van der Waals surface area contributed by atoms with Crippen LogP contribution in [0.25, 0.3) is 0 Å². The summed E-state index contributed by atoms with van der Waals surface area (Å²) in [6.45, 7) is 1.88. The highest BCUT2D eigenvalue weighted by atomic mass is 16.4. The van der Waals surface area contributed by atoms with Crippen LogP contribution in [0, 0.1) is 0 Å². The van der Waals surface area contributed by atoms with Crippen molar-refractivity contribution >= 4 is 5.97 Å². The molecule has 0 amide bonds. The Morgan fingerprint density at radius 2 is 2.36 bits per heavy atom. The van der Waals surface area contributed by atoms with Gasteiger partial charge in [0.15, 0.2) is 5.89 Å². The van der Waals surface area contributed by atoms with Crippen LogP contribution in [0.5, 0.6) is 0 Å². The lowest BCUT2D eigenvalue weighted by Crippen LogP contribution is -2.08. The van der Waals surface area contributed by atoms with Crippen LogP contribution in [-0.2, 0) is 6.42 Å². The molecule has 0 unspecified atom stereocenters. The Bertz CT molecular complexity index is 352. The third kappa shape index (κ3) is 1.41. The van der Waals surface area contributed by atoms with E-state index in [4.69, 9.17) is 9.52 Å². The first-order chi connectivity index (χ1) is 6.72. The van der Waals surface area contributed by atoms with E-state index in [0.29, 0.717) is 23.9 Å². The van der Waals surface area contributed by atoms with E-state index in [0.717, 1.165) is 12.8 Å². The van der Waals surface area contributed by atoms with Gasteiger partial charge in [-0.25, -0.2) is 9.78 Å². The molecule has 4 nitrogen and oxygen atoms in total. The molecule has 14 heavy (non-hydrogen) atoms. The average molecular weight is 195 g/mol. The zero-order valence-electron chi connectivity index (χ0n) is 8.12. The van der Waals surface area contributed by atoms with Crippen molar-refractivity contribution in [3.05, 3.63) is 17.3 Å². The minimum absolute atomic E-state index is 0.0226. The molecule has 1 aromatic heterocycles. The highest BCUT2D eigenvalue weighted by Gasteiger charge is 2.27. The molecule has 4 heteroatoms. The van der Waals surface area contributed by atoms with E-state index < -0.39 is 5.97 Å². The third-order valence-electron chi connectivity index (χ3n) is 2.70. The van der Waals surface area contributed by atoms with Crippen LogP contribution in [0.3, 0.4) is 0 Å². The van der Waals surface area contributed by atoms with E-state index in [-0.39, 0.29) is 5.76 Å². The number of nitrogens with zero attached hydrogens (tertiary/aromatic N) is 1. The number of carbonyl (C=O) groups is 1. The van der Waals surface area contributed by atoms with Crippen molar-refractivity contribution in [2.24, 2.45) is 0 Å². The van der Waals surface area contributed by atoms with Gasteiger partial charge in [-0.2, -0.15) is 0 Å². The molecule has 1 aliphatic carbocycles. The van der Waals surface area contributed by atoms with E-state index >= 15 is 0 Å². The standard InChI is InChI=1S/C10H13NO3/c1-2-7-8(10(12)13)14-9(11-7)6-4-3-5-6/h6H,2-5H2,1H3,(H,12,13). The molecule has 0 radical (unpaired) electrons. The van der Waals surface area contributed by atoms with Crippen molar-refractivity contribution in [2.75, 3.05) is 0 Å². The minimum Gasteiger partial charge on any atom is -0.475 e. The number of hydrogen-bond acceptors (Lipinski definition) is 3. The first kappa shape index (κ1) is 9.24. The smallest absolute Gasteiger partial charge is 0.373 e. The number of hydrogen-bond donors (Lipinski definition) is 1. The van der Waals surface area contributed by atoms with Crippen LogP contribution in [-0.4, -0.2) is 16.1 Å². The molecule has 1 heterocycles. The molecule has 1 aliphatic rings. The van der Waals surface area contributed by atoms with Crippen LogP contribution in [0.1, 0.15) is 54.2 Å². The maximum atomic E-state index is 10.8. The quantitative estimate of drug-likeness (QED) is 0.803. The summed E-state index contributed by atoms with van der Waals surface area (Å²) in [7, 11) is 0. The van der Waals surface area contributed by atoms with Crippen LogP contribution in [0.15, 0.2) is 4.42 Å². The van der Waals surface area contributed by atoms with Crippen molar-refractivity contribution in [3.8, 4) is 0 Å². The van der Waals surface area contributed by atoms with Gasteiger partial charge in [-0.15, -0.1) is 0 Å². The SMILES string of the molecule is CCc1nc(C2CCC2)oc1C(=O)O. The Kier molecular flexibility index (Phi) is 2.27. The van der Waals surface area contributed by atoms with Crippen molar-refractivity contribution in [2.45, 2.75) is 38.5 Å². The molecule has 0 bridgehead atoms. The Morgan fingerprint density at radius 3 is 2.71 bits per heavy atom. The highest BCUT2D eigenvalue weighted by Crippen LogP contribution is 2.36. The van der Waals surface area contributed by atoms with Crippen molar-refractivity contribution in [3.63, 3.8) is 0 Å². The molecule has 1 aromatic rings. The van der Waals surface area contributed by atoms with E-state index in [1.54, 1.807) is 0 Å². The zero-order valence-corrected chi connectivity index (χ0v) is 8.12. The molecule has 0 aromatic carbocycles. The fourth-order valence-corrected chi connectivity index (χ4v) is 1.61. The van der Waals surface area contributed by atoms with Gasteiger partial charge in [0.2, 0.25) is 5.76 Å². The largest absolute Gasteiger partial charge is 0.475 e. The molecule has 1 saturated carbocycles. The van der Waals surface area contributed by atoms with Gasteiger partial charge in [0.25, 0.3) is 0 Å². The van der Waals surface area contributed by atoms with E-state index in [1.165, 1.54) is 6.42 Å². The number of aromatic nitrogens is 1. The summed E-state index contributed by atoms with van der Waals surface area (Å²) in [5.74, 6) is -0.0202. The molecular weight excluding hydrogens is 182 g/mol. The molecule has 76 valence electrons. The maximum Gasteiger partial charge on any atom is 0.373 e. The summed E-state index contributed by atoms with van der Waals surface area (Å²) in [6.07, 6.45) is 3.94. The van der Waals surface area contributed by atoms with Gasteiger partial charge in [-0.1, -0.05) is 13.3 Å². The fourth-order valence-electron chi connectivity index (χ4n) is 1.61. The Balaban J connectivity index is 2.30. The first-order valence-corrected chi connectivity index (χ1v) is 4.95. The molecular formula is C10H13NO3. The lowest BCUT2D eigenvalue weighted by atomic mass is 9.85. The minimum atomic E-state index is -1.01. The summed E-state index contributed by atoms with van der Waals surface area (Å²) in [5.41, 5.74) is 0.569. The van der Waals surface area contributed by atoms with Crippen LogP contribution < -0.4 is 0 Å². The predicted octanol–water partition coefficient (Wildman–Crippen LogP) is 2.20. The predicted molar refractivity (Wildman–Crippen MR) is 49.4 cm³/mol. The van der Waals surface area contributed by atoms with E-state index in [1.807, 2.05) is 6.92 Å². The van der Waals surface area contributed by atoms with Gasteiger partial charge >= 0.3 is 5.97 Å². The monoisotopic (exact) mass is 195 g/mol. The summed E-state index contributed by atoms with van der Waals surface area (Å²) < 4.78 is 5.26. The van der Waals surface area contributed by atoms with Gasteiger partial charge in [-0.05, 0) is 19.3 Å². The summed E-state index contributed by atoms with van der Waals surface area (Å²) in [6, 6.07) is 0. The van der Waals surface area contributed by atoms with Crippen LogP contribution in [0.2, 0.25) is 0 Å². The summed E-state index contributed by atoms with van der Waals surface area (Å²) in [4.78, 5) is 15.0. The second kappa shape index (κ2) is 3.44. The second-order valence-electron chi connectivity index (χ2n) is 3.61. The number of carboxylic acid groups (broad SMARTS) is 1. The summed E-state index contributed by atoms with van der Waals surface area (Å²) >= 11 is 0. The zero-order chi connectivity index (χ0) is 10.1. The van der Waals surface area contributed by atoms with E-state index in [9.17, 15) is 4.79 Å². The fraction of sp³-hybridized carbons (Fsp3) is 0.600. The third-order valence-corrected chi connectivity index (χ3v) is 2.70. The molecule has 0 atom stereocenters. The lowest BCUT2D eigenvalue weighted by molar-refractivity contribution is 0.0657. The van der Waals surface area contributed by atoms with Crippen molar-refractivity contribution < 1.29 is 14.3 Å². The Morgan fingerprint density at radius 1 is 1.64 bits per heavy atom. The summed E-state index contributed by atoms with van der Waals surface area (Å²) in [5, 5.41) is 8.85. The Labute approximate surface area is 81.9 Å².